The van der Waals surface area contributed by atoms with Crippen molar-refractivity contribution in [2.75, 3.05) is 13.2 Å². The molecule has 4 aliphatic rings. The van der Waals surface area contributed by atoms with Gasteiger partial charge < -0.3 is 19.6 Å². The second-order valence-electron chi connectivity index (χ2n) is 9.24. The summed E-state index contributed by atoms with van der Waals surface area (Å²) in [5.74, 6) is -0.469. The van der Waals surface area contributed by atoms with Crippen LogP contribution in [0, 0.1) is 28.6 Å². The predicted octanol–water partition coefficient (Wildman–Crippen LogP) is 1.55. The van der Waals surface area contributed by atoms with E-state index in [-0.39, 0.29) is 23.5 Å². The second-order valence-corrected chi connectivity index (χ2v) is 10.5. The van der Waals surface area contributed by atoms with Crippen molar-refractivity contribution >= 4 is 19.4 Å². The number of allylic oxidation sites excluding steroid dienone is 4. The molecule has 3 fully saturated rings. The van der Waals surface area contributed by atoms with Crippen molar-refractivity contribution in [2.24, 2.45) is 28.6 Å². The van der Waals surface area contributed by atoms with E-state index in [2.05, 4.69) is 11.4 Å². The van der Waals surface area contributed by atoms with Crippen LogP contribution >= 0.6 is 7.82 Å². The molecule has 160 valence electrons. The summed E-state index contributed by atoms with van der Waals surface area (Å²) in [4.78, 5) is 42.2. The van der Waals surface area contributed by atoms with Crippen molar-refractivity contribution < 1.29 is 38.3 Å². The summed E-state index contributed by atoms with van der Waals surface area (Å²) in [5.41, 5.74) is 0.0146. The number of ether oxygens (including phenoxy) is 1. The topological polar surface area (TPSA) is 130 Å². The average Bonchev–Trinajstić information content (AvgIpc) is 2.96. The first-order valence-corrected chi connectivity index (χ1v) is 11.5. The summed E-state index contributed by atoms with van der Waals surface area (Å²) in [6.07, 6.45) is 5.52. The number of carbonyl (C=O) groups is 2. The summed E-state index contributed by atoms with van der Waals surface area (Å²) >= 11 is 0. The zero-order chi connectivity index (χ0) is 21.2. The summed E-state index contributed by atoms with van der Waals surface area (Å²) in [7, 11) is -4.75. The Morgan fingerprint density at radius 3 is 2.79 bits per heavy atom. The van der Waals surface area contributed by atoms with Gasteiger partial charge >= 0.3 is 7.82 Å². The van der Waals surface area contributed by atoms with Crippen LogP contribution in [0.2, 0.25) is 0 Å². The molecule has 0 aromatic carbocycles. The third-order valence-corrected chi connectivity index (χ3v) is 8.10. The molecule has 0 aromatic rings. The summed E-state index contributed by atoms with van der Waals surface area (Å²) < 4.78 is 21.2. The maximum Gasteiger partial charge on any atom is 0.470 e. The summed E-state index contributed by atoms with van der Waals surface area (Å²) in [6, 6.07) is 0. The SMILES string of the molecule is CC12C=CC(=O)C=C1CCC1C2C(O)CC2(C)C(C(=O)COP(=O)(O)O)OCC12. The van der Waals surface area contributed by atoms with Gasteiger partial charge in [0.25, 0.3) is 0 Å². The van der Waals surface area contributed by atoms with Crippen LogP contribution in [-0.4, -0.2) is 51.9 Å². The molecule has 0 amide bonds. The van der Waals surface area contributed by atoms with Crippen LogP contribution in [0.25, 0.3) is 0 Å². The molecule has 0 spiro atoms. The number of hydrogen-bond donors (Lipinski definition) is 3. The Labute approximate surface area is 169 Å². The number of fused-ring (bicyclic) bond motifs is 5. The zero-order valence-corrected chi connectivity index (χ0v) is 17.4. The maximum atomic E-state index is 12.6. The molecular weight excluding hydrogens is 399 g/mol. The molecule has 9 heteroatoms. The molecule has 0 radical (unpaired) electrons. The summed E-state index contributed by atoms with van der Waals surface area (Å²) in [5, 5.41) is 11.2. The van der Waals surface area contributed by atoms with E-state index >= 15 is 0 Å². The highest BCUT2D eigenvalue weighted by Gasteiger charge is 2.63. The lowest BCUT2D eigenvalue weighted by molar-refractivity contribution is -0.142. The zero-order valence-electron chi connectivity index (χ0n) is 16.5. The first kappa shape index (κ1) is 21.1. The van der Waals surface area contributed by atoms with E-state index in [1.165, 1.54) is 0 Å². The fourth-order valence-corrected chi connectivity index (χ4v) is 6.69. The minimum atomic E-state index is -4.75. The first-order chi connectivity index (χ1) is 13.5. The van der Waals surface area contributed by atoms with Crippen molar-refractivity contribution in [1.82, 2.24) is 0 Å². The molecule has 0 bridgehead atoms. The number of carbonyl (C=O) groups excluding carboxylic acids is 2. The molecule has 1 aliphatic heterocycles. The van der Waals surface area contributed by atoms with E-state index in [0.717, 1.165) is 18.4 Å². The molecule has 2 saturated carbocycles. The Morgan fingerprint density at radius 2 is 2.10 bits per heavy atom. The Balaban J connectivity index is 1.60. The lowest BCUT2D eigenvalue weighted by Gasteiger charge is -2.57. The van der Waals surface area contributed by atoms with Gasteiger partial charge in [-0.05, 0) is 43.3 Å². The fourth-order valence-electron chi connectivity index (χ4n) is 6.40. The molecule has 7 atom stereocenters. The first-order valence-electron chi connectivity index (χ1n) is 9.92. The molecule has 0 aromatic heterocycles. The van der Waals surface area contributed by atoms with Crippen LogP contribution in [0.3, 0.4) is 0 Å². The van der Waals surface area contributed by atoms with E-state index < -0.39 is 43.3 Å². The van der Waals surface area contributed by atoms with Crippen molar-refractivity contribution in [3.63, 3.8) is 0 Å². The smallest absolute Gasteiger partial charge is 0.393 e. The Hall–Kier alpha value is -1.15. The van der Waals surface area contributed by atoms with Gasteiger partial charge in [0, 0.05) is 16.7 Å². The molecule has 7 unspecified atom stereocenters. The predicted molar refractivity (Wildman–Crippen MR) is 102 cm³/mol. The molecule has 4 rings (SSSR count). The number of Topliss-reactive ketones (excluding diaryl/α,β-unsaturated/α-hetero) is 1. The van der Waals surface area contributed by atoms with Gasteiger partial charge in [0.2, 0.25) is 0 Å². The Kier molecular flexibility index (Phi) is 5.05. The quantitative estimate of drug-likeness (QED) is 0.577. The molecular formula is C20H27O8P. The van der Waals surface area contributed by atoms with Crippen molar-refractivity contribution in [3.05, 3.63) is 23.8 Å². The van der Waals surface area contributed by atoms with E-state index in [4.69, 9.17) is 14.5 Å². The Morgan fingerprint density at radius 1 is 1.38 bits per heavy atom. The lowest BCUT2D eigenvalue weighted by atomic mass is 9.47. The number of phosphoric ester groups is 1. The van der Waals surface area contributed by atoms with Crippen LogP contribution in [0.5, 0.6) is 0 Å². The van der Waals surface area contributed by atoms with Gasteiger partial charge in [0.05, 0.1) is 12.7 Å². The lowest BCUT2D eigenvalue weighted by Crippen LogP contribution is -2.57. The van der Waals surface area contributed by atoms with Gasteiger partial charge in [-0.2, -0.15) is 0 Å². The number of hydrogen-bond acceptors (Lipinski definition) is 6. The fraction of sp³-hybridized carbons (Fsp3) is 0.700. The van der Waals surface area contributed by atoms with Crippen LogP contribution in [0.4, 0.5) is 0 Å². The highest BCUT2D eigenvalue weighted by Crippen LogP contribution is 2.63. The van der Waals surface area contributed by atoms with Crippen LogP contribution < -0.4 is 0 Å². The van der Waals surface area contributed by atoms with E-state index in [1.807, 2.05) is 13.0 Å². The minimum absolute atomic E-state index is 0.0222. The molecule has 29 heavy (non-hydrogen) atoms. The molecule has 3 N–H and O–H groups in total. The molecule has 1 saturated heterocycles. The second kappa shape index (κ2) is 6.94. The minimum Gasteiger partial charge on any atom is -0.393 e. The van der Waals surface area contributed by atoms with Gasteiger partial charge in [-0.15, -0.1) is 0 Å². The number of aliphatic hydroxyl groups excluding tert-OH is 1. The summed E-state index contributed by atoms with van der Waals surface area (Å²) in [6.45, 7) is 3.61. The average molecular weight is 426 g/mol. The Bertz CT molecular complexity index is 843. The van der Waals surface area contributed by atoms with Crippen molar-refractivity contribution in [1.29, 1.82) is 0 Å². The van der Waals surface area contributed by atoms with Gasteiger partial charge in [-0.3, -0.25) is 14.1 Å². The van der Waals surface area contributed by atoms with E-state index in [9.17, 15) is 19.3 Å². The van der Waals surface area contributed by atoms with E-state index in [1.54, 1.807) is 12.2 Å². The van der Waals surface area contributed by atoms with Gasteiger partial charge in [-0.25, -0.2) is 4.57 Å². The third kappa shape index (κ3) is 3.40. The third-order valence-electron chi connectivity index (χ3n) is 7.64. The van der Waals surface area contributed by atoms with Crippen LogP contribution in [0.1, 0.15) is 33.1 Å². The normalized spacial score (nSPS) is 44.0. The van der Waals surface area contributed by atoms with Gasteiger partial charge in [0.15, 0.2) is 11.6 Å². The van der Waals surface area contributed by atoms with Gasteiger partial charge in [-0.1, -0.05) is 25.5 Å². The van der Waals surface area contributed by atoms with Crippen LogP contribution in [0.15, 0.2) is 23.8 Å². The number of phosphoric acid groups is 1. The largest absolute Gasteiger partial charge is 0.470 e. The monoisotopic (exact) mass is 426 g/mol. The standard InChI is InChI=1S/C20H27O8P/c1-19-6-5-12(21)7-11(19)3-4-13-14-9-27-18(16(23)10-28-29(24,25)26)20(14,2)8-15(22)17(13)19/h5-7,13-15,17-18,22H,3-4,8-10H2,1-2H3,(H2,24,25,26). The molecule has 8 nitrogen and oxygen atoms in total. The van der Waals surface area contributed by atoms with Gasteiger partial charge in [0.1, 0.15) is 12.7 Å². The molecule has 3 aliphatic carbocycles. The number of aliphatic hydroxyl groups is 1. The number of rotatable bonds is 4. The number of ketones is 2. The molecule has 1 heterocycles. The van der Waals surface area contributed by atoms with Crippen molar-refractivity contribution in [2.45, 2.75) is 45.3 Å². The maximum absolute atomic E-state index is 12.6. The van der Waals surface area contributed by atoms with E-state index in [0.29, 0.717) is 13.0 Å². The highest BCUT2D eigenvalue weighted by atomic mass is 31.2. The van der Waals surface area contributed by atoms with Crippen molar-refractivity contribution in [3.8, 4) is 0 Å². The van der Waals surface area contributed by atoms with Crippen LogP contribution in [-0.2, 0) is 23.4 Å². The highest BCUT2D eigenvalue weighted by molar-refractivity contribution is 7.46.